The lowest BCUT2D eigenvalue weighted by atomic mass is 10.00. The Kier molecular flexibility index (Phi) is 14.0. The van der Waals surface area contributed by atoms with E-state index in [1.807, 2.05) is 65.3 Å². The van der Waals surface area contributed by atoms with Gasteiger partial charge in [-0.2, -0.15) is 5.10 Å². The molecule has 6 aromatic rings. The zero-order valence-electron chi connectivity index (χ0n) is 34.9. The third kappa shape index (κ3) is 10.2. The van der Waals surface area contributed by atoms with Crippen LogP contribution in [0, 0.1) is 0 Å². The van der Waals surface area contributed by atoms with Gasteiger partial charge in [-0.1, -0.05) is 46.3 Å². The van der Waals surface area contributed by atoms with Crippen molar-refractivity contribution in [1.82, 2.24) is 30.0 Å². The Balaban J connectivity index is 0.745. The SMILES string of the molecule is CC(=O)N1C(=O)/C(=C(\NCCOCCOCCOCCN2CCC(n3nc(-c4ccc(Oc5ccccc5)cc4)c4c(N)ncnc43)CC2)c2cccc(O)c2)c2cc(Br)ccc21. The molecule has 4 aromatic carbocycles. The second-order valence-electron chi connectivity index (χ2n) is 15.1. The van der Waals surface area contributed by atoms with Crippen LogP contribution in [0.4, 0.5) is 11.5 Å². The first kappa shape index (κ1) is 43.5. The number of anilines is 2. The van der Waals surface area contributed by atoms with Gasteiger partial charge in [-0.3, -0.25) is 9.59 Å². The Morgan fingerprint density at radius 2 is 1.57 bits per heavy atom. The molecule has 0 bridgehead atoms. The number of hydrogen-bond donors (Lipinski definition) is 3. The number of halogens is 1. The van der Waals surface area contributed by atoms with Crippen LogP contribution in [0.25, 0.3) is 33.6 Å². The molecule has 0 atom stereocenters. The standard InChI is InChI=1S/C47H49BrN8O7/c1-31(57)55-40-15-12-34(48)29-39(40)41(47(55)59)43(33-6-5-7-36(58)28-33)50-18-22-60-24-26-62-27-25-61-23-21-54-19-16-35(17-20-54)56-46-42(45(49)51-30-52-46)44(53-56)32-10-13-38(14-11-32)63-37-8-3-2-4-9-37/h2-15,28-30,35,50,58H,16-27H2,1H3,(H2,49,51,52)/b43-41-. The number of aromatic nitrogens is 4. The number of phenolic OH excluding ortho intramolecular Hbond substituents is 1. The van der Waals surface area contributed by atoms with Gasteiger partial charge in [0.1, 0.15) is 35.1 Å². The maximum absolute atomic E-state index is 13.6. The van der Waals surface area contributed by atoms with Crippen molar-refractivity contribution in [3.8, 4) is 28.5 Å². The van der Waals surface area contributed by atoms with Crippen LogP contribution in [0.2, 0.25) is 0 Å². The molecule has 0 saturated carbocycles. The van der Waals surface area contributed by atoms with E-state index in [1.54, 1.807) is 36.4 Å². The third-order valence-electron chi connectivity index (χ3n) is 11.0. The van der Waals surface area contributed by atoms with E-state index < -0.39 is 5.91 Å². The van der Waals surface area contributed by atoms with Gasteiger partial charge >= 0.3 is 0 Å². The summed E-state index contributed by atoms with van der Waals surface area (Å²) in [6, 6.07) is 29.7. The van der Waals surface area contributed by atoms with Crippen LogP contribution in [-0.2, 0) is 23.8 Å². The number of nitrogens with one attached hydrogen (secondary N) is 1. The van der Waals surface area contributed by atoms with Crippen molar-refractivity contribution in [3.63, 3.8) is 0 Å². The van der Waals surface area contributed by atoms with Gasteiger partial charge in [-0.25, -0.2) is 19.5 Å². The monoisotopic (exact) mass is 916 g/mol. The van der Waals surface area contributed by atoms with Crippen LogP contribution in [0.1, 0.15) is 36.9 Å². The van der Waals surface area contributed by atoms with Crippen molar-refractivity contribution in [2.45, 2.75) is 25.8 Å². The Hall–Kier alpha value is -6.17. The molecule has 2 aromatic heterocycles. The molecule has 2 aliphatic rings. The molecule has 4 heterocycles. The van der Waals surface area contributed by atoms with Gasteiger partial charge in [0.25, 0.3) is 5.91 Å². The van der Waals surface area contributed by atoms with Gasteiger partial charge in [0.2, 0.25) is 5.91 Å². The normalized spacial score (nSPS) is 15.2. The smallest absolute Gasteiger partial charge is 0.267 e. The number of carbonyl (C=O) groups is 2. The molecule has 326 valence electrons. The van der Waals surface area contributed by atoms with Gasteiger partial charge in [0.15, 0.2) is 5.65 Å². The summed E-state index contributed by atoms with van der Waals surface area (Å²) in [7, 11) is 0. The number of fused-ring (bicyclic) bond motifs is 2. The van der Waals surface area contributed by atoms with Crippen LogP contribution in [0.15, 0.2) is 108 Å². The van der Waals surface area contributed by atoms with Crippen molar-refractivity contribution in [3.05, 3.63) is 119 Å². The molecule has 15 nitrogen and oxygen atoms in total. The summed E-state index contributed by atoms with van der Waals surface area (Å²) in [5.74, 6) is 1.15. The second kappa shape index (κ2) is 20.3. The molecule has 1 fully saturated rings. The first-order valence-electron chi connectivity index (χ1n) is 20.9. The van der Waals surface area contributed by atoms with Gasteiger partial charge in [0.05, 0.1) is 68.0 Å². The number of carbonyl (C=O) groups excluding carboxylic acids is 2. The molecule has 2 aliphatic heterocycles. The lowest BCUT2D eigenvalue weighted by Crippen LogP contribution is -2.37. The van der Waals surface area contributed by atoms with Crippen LogP contribution >= 0.6 is 15.9 Å². The Morgan fingerprint density at radius 1 is 0.857 bits per heavy atom. The van der Waals surface area contributed by atoms with Crippen molar-refractivity contribution in [1.29, 1.82) is 0 Å². The number of rotatable bonds is 18. The Bertz CT molecular complexity index is 2580. The van der Waals surface area contributed by atoms with Crippen molar-refractivity contribution in [2.24, 2.45) is 0 Å². The molecule has 0 radical (unpaired) electrons. The summed E-state index contributed by atoms with van der Waals surface area (Å²) in [6.45, 7) is 7.01. The fraction of sp³-hybridized carbons (Fsp3) is 0.298. The third-order valence-corrected chi connectivity index (χ3v) is 11.5. The zero-order valence-corrected chi connectivity index (χ0v) is 36.5. The Morgan fingerprint density at radius 3 is 2.30 bits per heavy atom. The fourth-order valence-corrected chi connectivity index (χ4v) is 8.28. The zero-order chi connectivity index (χ0) is 43.7. The number of ether oxygens (including phenoxy) is 4. The van der Waals surface area contributed by atoms with E-state index >= 15 is 0 Å². The second-order valence-corrected chi connectivity index (χ2v) is 16.1. The molecular formula is C47H49BrN8O7. The number of nitrogen functional groups attached to an aromatic ring is 1. The summed E-state index contributed by atoms with van der Waals surface area (Å²) in [5.41, 5.74) is 11.4. The minimum absolute atomic E-state index is 0.0555. The maximum Gasteiger partial charge on any atom is 0.267 e. The average Bonchev–Trinajstić information content (AvgIpc) is 3.82. The summed E-state index contributed by atoms with van der Waals surface area (Å²) < 4.78 is 26.2. The number of para-hydroxylation sites is 1. The van der Waals surface area contributed by atoms with Crippen molar-refractivity contribution in [2.75, 3.05) is 76.5 Å². The topological polar surface area (TPSA) is 179 Å². The van der Waals surface area contributed by atoms with Gasteiger partial charge in [-0.15, -0.1) is 0 Å². The highest BCUT2D eigenvalue weighted by atomic mass is 79.9. The number of hydrogen-bond acceptors (Lipinski definition) is 13. The molecule has 16 heteroatoms. The number of likely N-dealkylation sites (tertiary alicyclic amines) is 1. The summed E-state index contributed by atoms with van der Waals surface area (Å²) in [4.78, 5) is 38.6. The van der Waals surface area contributed by atoms with E-state index in [4.69, 9.17) is 29.8 Å². The summed E-state index contributed by atoms with van der Waals surface area (Å²) in [6.07, 6.45) is 3.33. The number of imide groups is 1. The van der Waals surface area contributed by atoms with E-state index in [2.05, 4.69) is 36.1 Å². The lowest BCUT2D eigenvalue weighted by molar-refractivity contribution is -0.122. The van der Waals surface area contributed by atoms with E-state index in [0.717, 1.165) is 70.7 Å². The molecule has 0 spiro atoms. The number of benzene rings is 4. The predicted octanol–water partition coefficient (Wildman–Crippen LogP) is 7.07. The summed E-state index contributed by atoms with van der Waals surface area (Å²) in [5, 5.41) is 19.4. The first-order valence-corrected chi connectivity index (χ1v) is 21.7. The minimum atomic E-state index is -0.437. The van der Waals surface area contributed by atoms with Crippen LogP contribution in [-0.4, -0.2) is 107 Å². The molecule has 8 rings (SSSR count). The van der Waals surface area contributed by atoms with Gasteiger partial charge in [0, 0.05) is 54.3 Å². The van der Waals surface area contributed by atoms with E-state index in [-0.39, 0.29) is 17.7 Å². The van der Waals surface area contributed by atoms with E-state index in [9.17, 15) is 14.7 Å². The largest absolute Gasteiger partial charge is 0.508 e. The highest BCUT2D eigenvalue weighted by molar-refractivity contribution is 9.10. The van der Waals surface area contributed by atoms with E-state index in [1.165, 1.54) is 18.2 Å². The number of aromatic hydroxyl groups is 1. The molecular weight excluding hydrogens is 868 g/mol. The highest BCUT2D eigenvalue weighted by Gasteiger charge is 2.38. The number of nitrogens with zero attached hydrogens (tertiary/aromatic N) is 6. The Labute approximate surface area is 373 Å². The molecule has 0 aliphatic carbocycles. The van der Waals surface area contributed by atoms with Crippen LogP contribution in [0.5, 0.6) is 17.2 Å². The quantitative estimate of drug-likeness (QED) is 0.0589. The maximum atomic E-state index is 13.6. The van der Waals surface area contributed by atoms with E-state index in [0.29, 0.717) is 80.1 Å². The number of phenols is 1. The molecule has 4 N–H and O–H groups in total. The van der Waals surface area contributed by atoms with Gasteiger partial charge < -0.3 is 40.0 Å². The number of amides is 2. The van der Waals surface area contributed by atoms with Crippen molar-refractivity contribution >= 4 is 61.6 Å². The van der Waals surface area contributed by atoms with Crippen LogP contribution < -0.4 is 20.7 Å². The molecule has 63 heavy (non-hydrogen) atoms. The lowest BCUT2D eigenvalue weighted by Gasteiger charge is -2.32. The molecule has 1 saturated heterocycles. The number of piperidine rings is 1. The average molecular weight is 918 g/mol. The predicted molar refractivity (Wildman–Crippen MR) is 244 cm³/mol. The number of nitrogens with two attached hydrogens (primary N) is 1. The highest BCUT2D eigenvalue weighted by Crippen LogP contribution is 2.42. The van der Waals surface area contributed by atoms with Crippen molar-refractivity contribution < 1.29 is 33.6 Å². The van der Waals surface area contributed by atoms with Gasteiger partial charge in [-0.05, 0) is 79.6 Å². The molecule has 0 unspecified atom stereocenters. The first-order chi connectivity index (χ1) is 30.7. The minimum Gasteiger partial charge on any atom is -0.508 e. The molecule has 2 amide bonds. The van der Waals surface area contributed by atoms with Crippen LogP contribution in [0.3, 0.4) is 0 Å². The summed E-state index contributed by atoms with van der Waals surface area (Å²) >= 11 is 3.49. The fourth-order valence-electron chi connectivity index (χ4n) is 7.92.